The maximum atomic E-state index is 13.0. The Hall–Kier alpha value is -0.300. The molecule has 2 radical (unpaired) electrons. The van der Waals surface area contributed by atoms with E-state index in [4.69, 9.17) is 0 Å². The van der Waals surface area contributed by atoms with Crippen LogP contribution in [0.15, 0.2) is 82.6 Å². The summed E-state index contributed by atoms with van der Waals surface area (Å²) >= 11 is 0. The van der Waals surface area contributed by atoms with Gasteiger partial charge in [0.15, 0.2) is 0 Å². The van der Waals surface area contributed by atoms with Crippen LogP contribution in [-0.2, 0) is 26.4 Å². The fraction of sp³-hybridized carbons (Fsp3) is 0.0526. The van der Waals surface area contributed by atoms with Crippen LogP contribution in [0.25, 0.3) is 0 Å². The molecule has 0 aromatic heterocycles. The Morgan fingerprint density at radius 1 is 0.636 bits per heavy atom. The second-order valence-corrected chi connectivity index (χ2v) is 11.4. The average Bonchev–Trinajstić information content (AvgIpc) is 2.67. The van der Waals surface area contributed by atoms with Crippen molar-refractivity contribution in [2.75, 3.05) is 0 Å². The van der Waals surface area contributed by atoms with Crippen LogP contribution >= 0.6 is 7.92 Å². The maximum Gasteiger partial charge on any atom is 0.416 e. The molecule has 0 amide bonds. The van der Waals surface area contributed by atoms with Gasteiger partial charge in [-0.3, -0.25) is 9.11 Å². The van der Waals surface area contributed by atoms with Gasteiger partial charge in [-0.25, -0.2) is 0 Å². The molecule has 14 heteroatoms. The van der Waals surface area contributed by atoms with E-state index in [0.717, 1.165) is 24.3 Å². The summed E-state index contributed by atoms with van der Waals surface area (Å²) in [5.74, 6) is 0. The zero-order valence-electron chi connectivity index (χ0n) is 17.4. The van der Waals surface area contributed by atoms with E-state index in [0.29, 0.717) is 15.9 Å². The molecule has 0 saturated carbocycles. The Morgan fingerprint density at radius 3 is 1.36 bits per heavy atom. The number of hydrogen-bond acceptors (Lipinski definition) is 4. The van der Waals surface area contributed by atoms with Crippen LogP contribution in [0.4, 0.5) is 13.2 Å². The number of benzene rings is 3. The second-order valence-electron chi connectivity index (χ2n) is 6.32. The number of alkyl halides is 3. The van der Waals surface area contributed by atoms with Crippen LogP contribution in [-0.4, -0.2) is 85.1 Å². The first kappa shape index (κ1) is 30.7. The van der Waals surface area contributed by atoms with Gasteiger partial charge in [0.25, 0.3) is 20.2 Å². The van der Waals surface area contributed by atoms with Crippen molar-refractivity contribution in [3.8, 4) is 0 Å². The van der Waals surface area contributed by atoms with Crippen molar-refractivity contribution in [2.45, 2.75) is 16.0 Å². The van der Waals surface area contributed by atoms with Gasteiger partial charge in [0.1, 0.15) is 0 Å². The Kier molecular flexibility index (Phi) is 10.8. The predicted molar refractivity (Wildman–Crippen MR) is 121 cm³/mol. The van der Waals surface area contributed by atoms with Crippen LogP contribution in [0, 0.1) is 0 Å². The third-order valence-electron chi connectivity index (χ3n) is 4.20. The quantitative estimate of drug-likeness (QED) is 0.294. The minimum absolute atomic E-state index is 0. The summed E-state index contributed by atoms with van der Waals surface area (Å²) in [6.45, 7) is 0. The fourth-order valence-corrected chi connectivity index (χ4v) is 6.39. The van der Waals surface area contributed by atoms with Crippen LogP contribution < -0.4 is 15.9 Å². The fourth-order valence-electron chi connectivity index (χ4n) is 2.81. The van der Waals surface area contributed by atoms with Gasteiger partial charge in [-0.05, 0) is 60.2 Å². The van der Waals surface area contributed by atoms with Gasteiger partial charge < -0.3 is 0 Å². The molecule has 2 N–H and O–H groups in total. The van der Waals surface area contributed by atoms with Gasteiger partial charge in [0, 0.05) is 59.1 Å². The van der Waals surface area contributed by atoms with E-state index in [-0.39, 0.29) is 59.1 Å². The van der Waals surface area contributed by atoms with Crippen molar-refractivity contribution >= 4 is 103 Å². The molecular formula is C19H14F3Na2O6PS2. The first-order valence-electron chi connectivity index (χ1n) is 8.39. The standard InChI is InChI=1S/C19H14F3O6PS2.2Na/c20-19(21,22)13-7-9-14(10-8-13)29(15-3-1-5-17(11-15)30(23,24)25)16-4-2-6-18(12-16)31(26,27)28;;/h1-12H,(H,23,24,25)(H,26,27,28);;. The maximum absolute atomic E-state index is 13.0. The third-order valence-corrected chi connectivity index (χ3v) is 8.30. The van der Waals surface area contributed by atoms with Crippen molar-refractivity contribution in [1.29, 1.82) is 0 Å². The van der Waals surface area contributed by atoms with Gasteiger partial charge in [-0.2, -0.15) is 30.0 Å². The average molecular weight is 536 g/mol. The molecule has 0 atom stereocenters. The Morgan fingerprint density at radius 2 is 1.03 bits per heavy atom. The molecule has 0 fully saturated rings. The van der Waals surface area contributed by atoms with Gasteiger partial charge in [-0.1, -0.05) is 36.4 Å². The summed E-state index contributed by atoms with van der Waals surface area (Å²) in [5.41, 5.74) is -0.885. The minimum atomic E-state index is -4.56. The van der Waals surface area contributed by atoms with Crippen molar-refractivity contribution in [3.63, 3.8) is 0 Å². The van der Waals surface area contributed by atoms with E-state index in [1.807, 2.05) is 0 Å². The molecule has 3 rings (SSSR count). The van der Waals surface area contributed by atoms with Crippen molar-refractivity contribution in [1.82, 2.24) is 0 Å². The van der Waals surface area contributed by atoms with E-state index in [9.17, 15) is 39.1 Å². The molecule has 0 heterocycles. The SMILES string of the molecule is O=S(=O)(O)c1cccc(P(c2ccc(C(F)(F)F)cc2)c2cccc(S(=O)(=O)O)c2)c1.[Na].[Na]. The Bertz CT molecular complexity index is 1260. The molecule has 6 nitrogen and oxygen atoms in total. The molecule has 0 saturated heterocycles. The van der Waals surface area contributed by atoms with E-state index < -0.39 is 49.7 Å². The molecule has 166 valence electrons. The molecular weight excluding hydrogens is 522 g/mol. The Balaban J connectivity index is 0.00000272. The van der Waals surface area contributed by atoms with Gasteiger partial charge in [0.2, 0.25) is 0 Å². The van der Waals surface area contributed by atoms with Crippen molar-refractivity contribution < 1.29 is 39.1 Å². The zero-order valence-corrected chi connectivity index (χ0v) is 23.9. The van der Waals surface area contributed by atoms with Crippen molar-refractivity contribution in [2.24, 2.45) is 0 Å². The van der Waals surface area contributed by atoms with Gasteiger partial charge in [-0.15, -0.1) is 0 Å². The molecule has 0 bridgehead atoms. The molecule has 3 aromatic rings. The normalized spacial score (nSPS) is 12.1. The number of rotatable bonds is 5. The van der Waals surface area contributed by atoms with Crippen LogP contribution in [0.5, 0.6) is 0 Å². The van der Waals surface area contributed by atoms with Crippen LogP contribution in [0.2, 0.25) is 0 Å². The Labute approximate surface area is 234 Å². The molecule has 33 heavy (non-hydrogen) atoms. The predicted octanol–water partition coefficient (Wildman–Crippen LogP) is 2.20. The summed E-state index contributed by atoms with van der Waals surface area (Å²) in [4.78, 5) is -0.842. The molecule has 0 spiro atoms. The van der Waals surface area contributed by atoms with E-state index in [1.165, 1.54) is 48.5 Å². The van der Waals surface area contributed by atoms with Crippen LogP contribution in [0.3, 0.4) is 0 Å². The van der Waals surface area contributed by atoms with E-state index in [1.54, 1.807) is 0 Å². The summed E-state index contributed by atoms with van der Waals surface area (Å²) in [6.07, 6.45) is -4.56. The third kappa shape index (κ3) is 7.85. The zero-order chi connectivity index (χ0) is 23.0. The molecule has 0 aliphatic carbocycles. The first-order valence-corrected chi connectivity index (χ1v) is 12.6. The van der Waals surface area contributed by atoms with Crippen LogP contribution in [0.1, 0.15) is 5.56 Å². The largest absolute Gasteiger partial charge is 0.416 e. The monoisotopic (exact) mass is 536 g/mol. The minimum Gasteiger partial charge on any atom is -0.282 e. The molecule has 0 unspecified atom stereocenters. The van der Waals surface area contributed by atoms with Gasteiger partial charge >= 0.3 is 6.18 Å². The second kappa shape index (κ2) is 11.6. The molecule has 0 aliphatic heterocycles. The number of halogens is 3. The van der Waals surface area contributed by atoms with E-state index in [2.05, 4.69) is 0 Å². The summed E-state index contributed by atoms with van der Waals surface area (Å²) in [7, 11) is -10.8. The van der Waals surface area contributed by atoms with Gasteiger partial charge in [0.05, 0.1) is 15.4 Å². The summed E-state index contributed by atoms with van der Waals surface area (Å²) in [6, 6.07) is 14.5. The molecule has 3 aromatic carbocycles. The van der Waals surface area contributed by atoms with Crippen molar-refractivity contribution in [3.05, 3.63) is 78.4 Å². The first-order chi connectivity index (χ1) is 14.3. The molecule has 0 aliphatic rings. The topological polar surface area (TPSA) is 109 Å². The number of hydrogen-bond donors (Lipinski definition) is 2. The smallest absolute Gasteiger partial charge is 0.282 e. The summed E-state index contributed by atoms with van der Waals surface area (Å²) < 4.78 is 104. The van der Waals surface area contributed by atoms with E-state index >= 15 is 0 Å². The summed E-state index contributed by atoms with van der Waals surface area (Å²) in [5, 5.41) is 1.03.